The Morgan fingerprint density at radius 1 is 1.37 bits per heavy atom. The number of hydrogen-bond donors (Lipinski definition) is 0. The van der Waals surface area contributed by atoms with Crippen molar-refractivity contribution in [2.24, 2.45) is 0 Å². The zero-order valence-electron chi connectivity index (χ0n) is 11.4. The molecule has 0 spiro atoms. The second kappa shape index (κ2) is 5.65. The number of nitrogens with zero attached hydrogens (tertiary/aromatic N) is 4. The van der Waals surface area contributed by atoms with Crippen LogP contribution in [0, 0.1) is 0 Å². The molecule has 2 rings (SSSR count). The Morgan fingerprint density at radius 2 is 2.05 bits per heavy atom. The highest BCUT2D eigenvalue weighted by atomic mass is 16.2. The summed E-state index contributed by atoms with van der Waals surface area (Å²) in [5, 5.41) is 8.37. The first-order chi connectivity index (χ1) is 9.13. The summed E-state index contributed by atoms with van der Waals surface area (Å²) in [5.41, 5.74) is 1.21. The van der Waals surface area contributed by atoms with Crippen molar-refractivity contribution in [1.29, 1.82) is 0 Å². The molecule has 1 atom stereocenters. The van der Waals surface area contributed by atoms with Crippen molar-refractivity contribution in [2.45, 2.75) is 26.3 Å². The molecule has 0 saturated heterocycles. The molecule has 1 heterocycles. The highest BCUT2D eigenvalue weighted by molar-refractivity contribution is 5.91. The summed E-state index contributed by atoms with van der Waals surface area (Å²) in [6.45, 7) is 4.06. The number of carbonyl (C=O) groups excluding carboxylic acids is 1. The van der Waals surface area contributed by atoms with Crippen LogP contribution in [0.4, 0.5) is 0 Å². The number of rotatable bonds is 4. The van der Waals surface area contributed by atoms with E-state index in [2.05, 4.69) is 17.1 Å². The van der Waals surface area contributed by atoms with Crippen LogP contribution in [0.15, 0.2) is 36.5 Å². The topological polar surface area (TPSA) is 51.0 Å². The minimum absolute atomic E-state index is 0.100. The molecule has 0 fully saturated rings. The van der Waals surface area contributed by atoms with Crippen LogP contribution in [-0.2, 0) is 0 Å². The van der Waals surface area contributed by atoms with Crippen molar-refractivity contribution in [3.8, 4) is 5.69 Å². The van der Waals surface area contributed by atoms with E-state index >= 15 is 0 Å². The molecule has 1 unspecified atom stereocenters. The molecule has 1 amide bonds. The first-order valence-electron chi connectivity index (χ1n) is 6.38. The monoisotopic (exact) mass is 258 g/mol. The normalized spacial score (nSPS) is 12.2. The van der Waals surface area contributed by atoms with Gasteiger partial charge in [0.1, 0.15) is 0 Å². The van der Waals surface area contributed by atoms with Gasteiger partial charge in [0.2, 0.25) is 0 Å². The van der Waals surface area contributed by atoms with Crippen molar-refractivity contribution in [3.05, 3.63) is 42.2 Å². The van der Waals surface area contributed by atoms with Crippen LogP contribution in [0.1, 0.15) is 30.8 Å². The third-order valence-electron chi connectivity index (χ3n) is 3.27. The van der Waals surface area contributed by atoms with E-state index in [1.54, 1.807) is 11.9 Å². The molecule has 0 aliphatic heterocycles. The maximum absolute atomic E-state index is 12.2. The molecule has 1 aromatic heterocycles. The zero-order chi connectivity index (χ0) is 13.8. The molecule has 1 aromatic carbocycles. The molecule has 0 aliphatic rings. The summed E-state index contributed by atoms with van der Waals surface area (Å²) in [7, 11) is 1.79. The van der Waals surface area contributed by atoms with Crippen molar-refractivity contribution in [2.75, 3.05) is 7.05 Å². The Bertz CT molecular complexity index is 550. The number of amides is 1. The van der Waals surface area contributed by atoms with Crippen LogP contribution >= 0.6 is 0 Å². The molecule has 0 saturated carbocycles. The molecule has 0 N–H and O–H groups in total. The minimum atomic E-state index is -0.100. The van der Waals surface area contributed by atoms with Crippen molar-refractivity contribution < 1.29 is 4.79 Å². The van der Waals surface area contributed by atoms with Gasteiger partial charge < -0.3 is 4.90 Å². The third-order valence-corrected chi connectivity index (χ3v) is 3.27. The molecule has 19 heavy (non-hydrogen) atoms. The van der Waals surface area contributed by atoms with Gasteiger partial charge in [-0.25, -0.2) is 0 Å². The van der Waals surface area contributed by atoms with E-state index in [0.717, 1.165) is 12.1 Å². The maximum Gasteiger partial charge on any atom is 0.276 e. The van der Waals surface area contributed by atoms with Gasteiger partial charge in [-0.3, -0.25) is 4.79 Å². The fourth-order valence-electron chi connectivity index (χ4n) is 1.70. The third kappa shape index (κ3) is 2.81. The first kappa shape index (κ1) is 13.3. The zero-order valence-corrected chi connectivity index (χ0v) is 11.4. The summed E-state index contributed by atoms with van der Waals surface area (Å²) in [5.74, 6) is -0.100. The van der Waals surface area contributed by atoms with Crippen LogP contribution in [0.25, 0.3) is 5.69 Å². The van der Waals surface area contributed by atoms with Gasteiger partial charge in [-0.1, -0.05) is 25.1 Å². The second-order valence-electron chi connectivity index (χ2n) is 4.53. The van der Waals surface area contributed by atoms with Gasteiger partial charge in [-0.15, -0.1) is 5.10 Å². The Balaban J connectivity index is 2.20. The van der Waals surface area contributed by atoms with Crippen molar-refractivity contribution >= 4 is 5.91 Å². The number of para-hydroxylation sites is 1. The van der Waals surface area contributed by atoms with Gasteiger partial charge in [0.25, 0.3) is 5.91 Å². The average molecular weight is 258 g/mol. The first-order valence-corrected chi connectivity index (χ1v) is 6.38. The average Bonchev–Trinajstić information content (AvgIpc) is 2.95. The lowest BCUT2D eigenvalue weighted by Gasteiger charge is -2.22. The largest absolute Gasteiger partial charge is 0.338 e. The van der Waals surface area contributed by atoms with Gasteiger partial charge in [0.05, 0.1) is 11.9 Å². The van der Waals surface area contributed by atoms with Crippen LogP contribution in [-0.4, -0.2) is 38.9 Å². The second-order valence-corrected chi connectivity index (χ2v) is 4.53. The van der Waals surface area contributed by atoms with E-state index in [0.29, 0.717) is 5.69 Å². The summed E-state index contributed by atoms with van der Waals surface area (Å²) >= 11 is 0. The van der Waals surface area contributed by atoms with E-state index in [4.69, 9.17) is 0 Å². The van der Waals surface area contributed by atoms with Gasteiger partial charge in [0, 0.05) is 13.1 Å². The minimum Gasteiger partial charge on any atom is -0.338 e. The fraction of sp³-hybridized carbons (Fsp3) is 0.357. The predicted molar refractivity (Wildman–Crippen MR) is 73.2 cm³/mol. The molecule has 0 bridgehead atoms. The smallest absolute Gasteiger partial charge is 0.276 e. The molecule has 0 radical (unpaired) electrons. The molecular formula is C14H18N4O. The Morgan fingerprint density at radius 3 is 2.68 bits per heavy atom. The lowest BCUT2D eigenvalue weighted by Crippen LogP contribution is -2.34. The van der Waals surface area contributed by atoms with Crippen LogP contribution in [0.3, 0.4) is 0 Å². The van der Waals surface area contributed by atoms with Crippen LogP contribution in [0.2, 0.25) is 0 Å². The predicted octanol–water partition coefficient (Wildman–Crippen LogP) is 2.14. The molecular weight excluding hydrogens is 240 g/mol. The standard InChI is InChI=1S/C14H18N4O/c1-4-11(2)17(3)14(19)13-10-15-18(16-13)12-8-6-5-7-9-12/h5-11H,4H2,1-3H3. The summed E-state index contributed by atoms with van der Waals surface area (Å²) in [6.07, 6.45) is 2.42. The highest BCUT2D eigenvalue weighted by Crippen LogP contribution is 2.08. The van der Waals surface area contributed by atoms with E-state index in [-0.39, 0.29) is 11.9 Å². The Kier molecular flexibility index (Phi) is 3.94. The Hall–Kier alpha value is -2.17. The number of carbonyl (C=O) groups is 1. The SMILES string of the molecule is CCC(C)N(C)C(=O)c1cnn(-c2ccccc2)n1. The van der Waals surface area contributed by atoms with E-state index < -0.39 is 0 Å². The van der Waals surface area contributed by atoms with Gasteiger partial charge >= 0.3 is 0 Å². The number of hydrogen-bond acceptors (Lipinski definition) is 3. The summed E-state index contributed by atoms with van der Waals surface area (Å²) in [6, 6.07) is 9.72. The van der Waals surface area contributed by atoms with Crippen molar-refractivity contribution in [1.82, 2.24) is 19.9 Å². The summed E-state index contributed by atoms with van der Waals surface area (Å²) < 4.78 is 0. The number of benzene rings is 1. The molecule has 0 aliphatic carbocycles. The number of aromatic nitrogens is 3. The van der Waals surface area contributed by atoms with Crippen LogP contribution in [0.5, 0.6) is 0 Å². The van der Waals surface area contributed by atoms with Crippen molar-refractivity contribution in [3.63, 3.8) is 0 Å². The lowest BCUT2D eigenvalue weighted by atomic mass is 10.2. The quantitative estimate of drug-likeness (QED) is 0.844. The molecule has 5 nitrogen and oxygen atoms in total. The fourth-order valence-corrected chi connectivity index (χ4v) is 1.70. The summed E-state index contributed by atoms with van der Waals surface area (Å²) in [4.78, 5) is 15.4. The molecule has 2 aromatic rings. The van der Waals surface area contributed by atoms with E-state index in [1.807, 2.05) is 37.3 Å². The van der Waals surface area contributed by atoms with Gasteiger partial charge in [-0.2, -0.15) is 9.90 Å². The van der Waals surface area contributed by atoms with Gasteiger partial charge in [-0.05, 0) is 25.5 Å². The molecule has 100 valence electrons. The van der Waals surface area contributed by atoms with E-state index in [9.17, 15) is 4.79 Å². The van der Waals surface area contributed by atoms with Gasteiger partial charge in [0.15, 0.2) is 5.69 Å². The molecule has 5 heteroatoms. The van der Waals surface area contributed by atoms with E-state index in [1.165, 1.54) is 11.0 Å². The van der Waals surface area contributed by atoms with Crippen LogP contribution < -0.4 is 0 Å². The highest BCUT2D eigenvalue weighted by Gasteiger charge is 2.19. The lowest BCUT2D eigenvalue weighted by molar-refractivity contribution is 0.0734. The Labute approximate surface area is 112 Å². The maximum atomic E-state index is 12.2.